The summed E-state index contributed by atoms with van der Waals surface area (Å²) in [5.74, 6) is 0. The largest absolute Gasteiger partial charge is 0.240 e. The SMILES string of the molecule is CC(C)(C)c1ncnc2cc(Cl)ccc12. The Bertz CT molecular complexity index is 500. The molecule has 2 rings (SSSR count). The molecule has 2 nitrogen and oxygen atoms in total. The van der Waals surface area contributed by atoms with Gasteiger partial charge in [-0.25, -0.2) is 9.97 Å². The summed E-state index contributed by atoms with van der Waals surface area (Å²) in [6.07, 6.45) is 1.60. The zero-order chi connectivity index (χ0) is 11.1. The summed E-state index contributed by atoms with van der Waals surface area (Å²) in [4.78, 5) is 8.57. The van der Waals surface area contributed by atoms with Crippen LogP contribution in [-0.2, 0) is 5.41 Å². The van der Waals surface area contributed by atoms with E-state index in [0.717, 1.165) is 16.6 Å². The molecule has 1 aromatic carbocycles. The van der Waals surface area contributed by atoms with Crippen LogP contribution in [0.15, 0.2) is 24.5 Å². The zero-order valence-electron chi connectivity index (χ0n) is 9.08. The molecular weight excluding hydrogens is 208 g/mol. The van der Waals surface area contributed by atoms with Gasteiger partial charge in [-0.3, -0.25) is 0 Å². The van der Waals surface area contributed by atoms with Crippen molar-refractivity contribution in [2.24, 2.45) is 0 Å². The predicted molar refractivity (Wildman–Crippen MR) is 63.2 cm³/mol. The minimum absolute atomic E-state index is 0.0228. The minimum atomic E-state index is 0.0228. The van der Waals surface area contributed by atoms with Crippen LogP contribution in [0.2, 0.25) is 5.02 Å². The molecule has 1 aromatic heterocycles. The molecule has 0 aliphatic carbocycles. The van der Waals surface area contributed by atoms with Gasteiger partial charge in [0.15, 0.2) is 0 Å². The van der Waals surface area contributed by atoms with Crippen molar-refractivity contribution in [3.05, 3.63) is 35.2 Å². The molecule has 0 spiro atoms. The summed E-state index contributed by atoms with van der Waals surface area (Å²) in [7, 11) is 0. The Hall–Kier alpha value is -1.15. The van der Waals surface area contributed by atoms with E-state index in [1.54, 1.807) is 6.33 Å². The number of fused-ring (bicyclic) bond motifs is 1. The molecule has 0 aliphatic heterocycles. The Labute approximate surface area is 94.3 Å². The third-order valence-electron chi connectivity index (χ3n) is 2.31. The molecule has 0 atom stereocenters. The molecule has 2 aromatic rings. The Balaban J connectivity index is 2.77. The van der Waals surface area contributed by atoms with E-state index in [0.29, 0.717) is 5.02 Å². The Kier molecular flexibility index (Phi) is 2.39. The zero-order valence-corrected chi connectivity index (χ0v) is 9.84. The van der Waals surface area contributed by atoms with Crippen LogP contribution in [0.5, 0.6) is 0 Å². The summed E-state index contributed by atoms with van der Waals surface area (Å²) in [5, 5.41) is 1.79. The number of rotatable bonds is 0. The van der Waals surface area contributed by atoms with Crippen LogP contribution in [0, 0.1) is 0 Å². The number of hydrogen-bond acceptors (Lipinski definition) is 2. The van der Waals surface area contributed by atoms with Crippen molar-refractivity contribution in [3.63, 3.8) is 0 Å². The lowest BCUT2D eigenvalue weighted by Crippen LogP contribution is -2.14. The normalized spacial score (nSPS) is 12.0. The lowest BCUT2D eigenvalue weighted by molar-refractivity contribution is 0.574. The monoisotopic (exact) mass is 220 g/mol. The van der Waals surface area contributed by atoms with Gasteiger partial charge in [-0.2, -0.15) is 0 Å². The van der Waals surface area contributed by atoms with E-state index >= 15 is 0 Å². The highest BCUT2D eigenvalue weighted by Gasteiger charge is 2.18. The second-order valence-corrected chi connectivity index (χ2v) is 5.07. The van der Waals surface area contributed by atoms with E-state index in [9.17, 15) is 0 Å². The maximum atomic E-state index is 5.92. The predicted octanol–water partition coefficient (Wildman–Crippen LogP) is 3.58. The van der Waals surface area contributed by atoms with Gasteiger partial charge >= 0.3 is 0 Å². The molecule has 3 heteroatoms. The van der Waals surface area contributed by atoms with Crippen LogP contribution >= 0.6 is 11.6 Å². The summed E-state index contributed by atoms with van der Waals surface area (Å²) in [6.45, 7) is 6.43. The fourth-order valence-corrected chi connectivity index (χ4v) is 1.79. The first kappa shape index (κ1) is 10.4. The molecular formula is C12H13ClN2. The fraction of sp³-hybridized carbons (Fsp3) is 0.333. The molecule has 0 saturated carbocycles. The first-order chi connectivity index (χ1) is 6.98. The van der Waals surface area contributed by atoms with Crippen molar-refractivity contribution < 1.29 is 0 Å². The first-order valence-corrected chi connectivity index (χ1v) is 5.27. The lowest BCUT2D eigenvalue weighted by atomic mass is 9.89. The quantitative estimate of drug-likeness (QED) is 0.678. The molecule has 0 bridgehead atoms. The van der Waals surface area contributed by atoms with E-state index in [1.165, 1.54) is 0 Å². The van der Waals surface area contributed by atoms with Gasteiger partial charge in [0.05, 0.1) is 11.2 Å². The van der Waals surface area contributed by atoms with Gasteiger partial charge < -0.3 is 0 Å². The van der Waals surface area contributed by atoms with Gasteiger partial charge in [0.25, 0.3) is 0 Å². The van der Waals surface area contributed by atoms with Gasteiger partial charge in [-0.05, 0) is 18.2 Å². The average molecular weight is 221 g/mol. The topological polar surface area (TPSA) is 25.8 Å². The first-order valence-electron chi connectivity index (χ1n) is 4.89. The molecule has 0 saturated heterocycles. The lowest BCUT2D eigenvalue weighted by Gasteiger charge is -2.19. The van der Waals surface area contributed by atoms with Gasteiger partial charge in [-0.1, -0.05) is 32.4 Å². The van der Waals surface area contributed by atoms with Gasteiger partial charge in [0, 0.05) is 15.8 Å². The summed E-state index contributed by atoms with van der Waals surface area (Å²) < 4.78 is 0. The molecule has 0 unspecified atom stereocenters. The highest BCUT2D eigenvalue weighted by Crippen LogP contribution is 2.27. The molecule has 15 heavy (non-hydrogen) atoms. The smallest absolute Gasteiger partial charge is 0.116 e. The van der Waals surface area contributed by atoms with Crippen LogP contribution in [0.3, 0.4) is 0 Å². The van der Waals surface area contributed by atoms with Gasteiger partial charge in [0.2, 0.25) is 0 Å². The average Bonchev–Trinajstić information content (AvgIpc) is 2.15. The number of aromatic nitrogens is 2. The van der Waals surface area contributed by atoms with Crippen molar-refractivity contribution in [1.82, 2.24) is 9.97 Å². The number of benzene rings is 1. The van der Waals surface area contributed by atoms with E-state index in [-0.39, 0.29) is 5.41 Å². The number of hydrogen-bond donors (Lipinski definition) is 0. The minimum Gasteiger partial charge on any atom is -0.240 e. The molecule has 0 aliphatic rings. The van der Waals surface area contributed by atoms with Crippen LogP contribution in [0.1, 0.15) is 26.5 Å². The van der Waals surface area contributed by atoms with E-state index in [1.807, 2.05) is 18.2 Å². The summed E-state index contributed by atoms with van der Waals surface area (Å²) in [6, 6.07) is 5.73. The standard InChI is InChI=1S/C12H13ClN2/c1-12(2,3)11-9-5-4-8(13)6-10(9)14-7-15-11/h4-7H,1-3H3. The van der Waals surface area contributed by atoms with Crippen LogP contribution in [0.25, 0.3) is 10.9 Å². The molecule has 78 valence electrons. The Morgan fingerprint density at radius 3 is 2.53 bits per heavy atom. The second-order valence-electron chi connectivity index (χ2n) is 4.63. The van der Waals surface area contributed by atoms with Crippen LogP contribution < -0.4 is 0 Å². The molecule has 0 fully saturated rings. The van der Waals surface area contributed by atoms with E-state index < -0.39 is 0 Å². The summed E-state index contributed by atoms with van der Waals surface area (Å²) >= 11 is 5.92. The maximum absolute atomic E-state index is 5.92. The van der Waals surface area contributed by atoms with Gasteiger partial charge in [0.1, 0.15) is 6.33 Å². The molecule has 1 heterocycles. The molecule has 0 amide bonds. The van der Waals surface area contributed by atoms with E-state index in [4.69, 9.17) is 11.6 Å². The van der Waals surface area contributed by atoms with Crippen molar-refractivity contribution in [1.29, 1.82) is 0 Å². The second kappa shape index (κ2) is 3.46. The van der Waals surface area contributed by atoms with Crippen molar-refractivity contribution in [2.75, 3.05) is 0 Å². The Morgan fingerprint density at radius 1 is 1.13 bits per heavy atom. The number of nitrogens with zero attached hydrogens (tertiary/aromatic N) is 2. The van der Waals surface area contributed by atoms with Crippen LogP contribution in [-0.4, -0.2) is 9.97 Å². The number of halogens is 1. The summed E-state index contributed by atoms with van der Waals surface area (Å²) in [5.41, 5.74) is 1.99. The fourth-order valence-electron chi connectivity index (χ4n) is 1.63. The van der Waals surface area contributed by atoms with E-state index in [2.05, 4.69) is 30.7 Å². The van der Waals surface area contributed by atoms with Crippen LogP contribution in [0.4, 0.5) is 0 Å². The molecule has 0 N–H and O–H groups in total. The van der Waals surface area contributed by atoms with Crippen molar-refractivity contribution in [2.45, 2.75) is 26.2 Å². The highest BCUT2D eigenvalue weighted by atomic mass is 35.5. The molecule has 0 radical (unpaired) electrons. The highest BCUT2D eigenvalue weighted by molar-refractivity contribution is 6.31. The third-order valence-corrected chi connectivity index (χ3v) is 2.54. The Morgan fingerprint density at radius 2 is 1.87 bits per heavy atom. The third kappa shape index (κ3) is 1.95. The van der Waals surface area contributed by atoms with Gasteiger partial charge in [-0.15, -0.1) is 0 Å². The van der Waals surface area contributed by atoms with Crippen molar-refractivity contribution in [3.8, 4) is 0 Å². The maximum Gasteiger partial charge on any atom is 0.116 e. The van der Waals surface area contributed by atoms with Crippen molar-refractivity contribution >= 4 is 22.5 Å².